The lowest BCUT2D eigenvalue weighted by Crippen LogP contribution is -2.50. The van der Waals surface area contributed by atoms with Gasteiger partial charge in [0.1, 0.15) is 12.1 Å². The molecule has 0 spiro atoms. The van der Waals surface area contributed by atoms with E-state index in [9.17, 15) is 19.6 Å². The van der Waals surface area contributed by atoms with Crippen molar-refractivity contribution in [3.8, 4) is 17.7 Å². The third kappa shape index (κ3) is 4.22. The van der Waals surface area contributed by atoms with Gasteiger partial charge < -0.3 is 27.8 Å². The molecule has 0 saturated carbocycles. The van der Waals surface area contributed by atoms with Crippen LogP contribution >= 0.6 is 0 Å². The zero-order valence-corrected chi connectivity index (χ0v) is 19.2. The fourth-order valence-electron chi connectivity index (χ4n) is 4.06. The normalized spacial score (nSPS) is 14.6. The summed E-state index contributed by atoms with van der Waals surface area (Å²) in [6, 6.07) is 11.2. The fourth-order valence-corrected chi connectivity index (χ4v) is 4.06. The number of piperazine rings is 1. The number of furan rings is 1. The summed E-state index contributed by atoms with van der Waals surface area (Å²) in [6.45, 7) is 2.51. The summed E-state index contributed by atoms with van der Waals surface area (Å²) in [5.41, 5.74) is 0.957. The van der Waals surface area contributed by atoms with E-state index in [1.165, 1.54) is 17.8 Å². The third-order valence-electron chi connectivity index (χ3n) is 5.95. The molecule has 1 aromatic carbocycles. The van der Waals surface area contributed by atoms with Crippen molar-refractivity contribution < 1.29 is 27.6 Å². The van der Waals surface area contributed by atoms with Crippen LogP contribution in [0, 0.1) is 11.3 Å². The lowest BCUT2D eigenvalue weighted by atomic mass is 10.3. The lowest BCUT2D eigenvalue weighted by molar-refractivity contribution is -0.154. The van der Waals surface area contributed by atoms with Gasteiger partial charge in [-0.3, -0.25) is 9.36 Å². The van der Waals surface area contributed by atoms with Gasteiger partial charge in [-0.2, -0.15) is 10.2 Å². The molecule has 1 amide bonds. The smallest absolute Gasteiger partial charge is 0.420 e. The first-order valence-corrected chi connectivity index (χ1v) is 11.2. The van der Waals surface area contributed by atoms with Gasteiger partial charge in [0, 0.05) is 26.2 Å². The predicted molar refractivity (Wildman–Crippen MR) is 124 cm³/mol. The number of esters is 1. The summed E-state index contributed by atoms with van der Waals surface area (Å²) >= 11 is 0. The number of aromatic nitrogens is 2. The number of benzene rings is 1. The number of hydrogen-bond donors (Lipinski definition) is 0. The largest absolute Gasteiger partial charge is 0.459 e. The number of amides is 1. The summed E-state index contributed by atoms with van der Waals surface area (Å²) in [5, 5.41) is 9.44. The van der Waals surface area contributed by atoms with Crippen LogP contribution < -0.4 is 10.7 Å². The van der Waals surface area contributed by atoms with E-state index in [1.54, 1.807) is 41.3 Å². The molecule has 184 valence electrons. The van der Waals surface area contributed by atoms with Crippen LogP contribution in [-0.2, 0) is 14.3 Å². The molecule has 5 rings (SSSR count). The highest BCUT2D eigenvalue weighted by atomic mass is 16.5. The van der Waals surface area contributed by atoms with Gasteiger partial charge in [-0.1, -0.05) is 12.1 Å². The van der Waals surface area contributed by atoms with Crippen LogP contribution in [0.5, 0.6) is 0 Å². The average molecular weight is 491 g/mol. The van der Waals surface area contributed by atoms with Gasteiger partial charge in [0.15, 0.2) is 18.0 Å². The van der Waals surface area contributed by atoms with Gasteiger partial charge in [0.2, 0.25) is 11.6 Å². The highest BCUT2D eigenvalue weighted by molar-refractivity contribution is 5.83. The standard InChI is InChI=1S/C24H21N5O7/c1-15(29-17-5-2-3-6-18(17)35-24(29)32)23(31)34-14-20(30)27-8-10-28(11-9-27)22-16(13-25)26-21(36-22)19-7-4-12-33-19/h2-7,12,15H,8-11,14H2,1H3. The number of oxazole rings is 2. The van der Waals surface area contributed by atoms with Crippen molar-refractivity contribution in [2.24, 2.45) is 0 Å². The van der Waals surface area contributed by atoms with Crippen molar-refractivity contribution in [2.45, 2.75) is 13.0 Å². The summed E-state index contributed by atoms with van der Waals surface area (Å²) in [5.74, 6) is -0.837. The van der Waals surface area contributed by atoms with Gasteiger partial charge in [-0.05, 0) is 31.2 Å². The molecule has 4 heterocycles. The molecule has 1 fully saturated rings. The van der Waals surface area contributed by atoms with E-state index in [0.717, 1.165) is 0 Å². The Kier molecular flexibility index (Phi) is 6.03. The minimum atomic E-state index is -0.968. The van der Waals surface area contributed by atoms with E-state index in [0.29, 0.717) is 48.9 Å². The van der Waals surface area contributed by atoms with Gasteiger partial charge >= 0.3 is 11.7 Å². The molecule has 1 unspecified atom stereocenters. The van der Waals surface area contributed by atoms with Gasteiger partial charge in [-0.25, -0.2) is 9.59 Å². The second-order valence-corrected chi connectivity index (χ2v) is 8.12. The molecular weight excluding hydrogens is 470 g/mol. The maximum atomic E-state index is 12.7. The molecule has 12 nitrogen and oxygen atoms in total. The number of carbonyl (C=O) groups excluding carboxylic acids is 2. The topological polar surface area (TPSA) is 148 Å². The molecule has 1 aliphatic rings. The molecule has 0 aliphatic carbocycles. The van der Waals surface area contributed by atoms with Crippen LogP contribution in [-0.4, -0.2) is 59.1 Å². The second-order valence-electron chi connectivity index (χ2n) is 8.12. The van der Waals surface area contributed by atoms with Crippen molar-refractivity contribution in [1.82, 2.24) is 14.5 Å². The number of carbonyl (C=O) groups is 2. The molecule has 0 bridgehead atoms. The van der Waals surface area contributed by atoms with Crippen molar-refractivity contribution >= 4 is 28.9 Å². The number of fused-ring (bicyclic) bond motifs is 1. The van der Waals surface area contributed by atoms with Crippen LogP contribution in [0.25, 0.3) is 22.8 Å². The average Bonchev–Trinajstić information content (AvgIpc) is 3.64. The Labute approximate surface area is 203 Å². The van der Waals surface area contributed by atoms with Crippen LogP contribution in [0.15, 0.2) is 60.7 Å². The van der Waals surface area contributed by atoms with Crippen LogP contribution in [0.4, 0.5) is 5.88 Å². The second kappa shape index (κ2) is 9.46. The SMILES string of the molecule is CC(C(=O)OCC(=O)N1CCN(c2oc(-c3ccco3)nc2C#N)CC1)n1c(=O)oc2ccccc21. The highest BCUT2D eigenvalue weighted by Crippen LogP contribution is 2.29. The van der Waals surface area contributed by atoms with E-state index in [4.69, 9.17) is 18.0 Å². The number of hydrogen-bond acceptors (Lipinski definition) is 10. The summed E-state index contributed by atoms with van der Waals surface area (Å²) in [7, 11) is 0. The summed E-state index contributed by atoms with van der Waals surface area (Å²) < 4.78 is 22.6. The van der Waals surface area contributed by atoms with E-state index < -0.39 is 24.4 Å². The van der Waals surface area contributed by atoms with E-state index in [1.807, 2.05) is 11.0 Å². The first kappa shape index (κ1) is 23.0. The Morgan fingerprint density at radius 2 is 1.92 bits per heavy atom. The number of rotatable bonds is 6. The Morgan fingerprint density at radius 3 is 2.64 bits per heavy atom. The van der Waals surface area contributed by atoms with Crippen LogP contribution in [0.3, 0.4) is 0 Å². The minimum absolute atomic E-state index is 0.131. The Morgan fingerprint density at radius 1 is 1.14 bits per heavy atom. The Hall–Kier alpha value is -4.79. The van der Waals surface area contributed by atoms with Crippen molar-refractivity contribution in [3.05, 3.63) is 58.9 Å². The minimum Gasteiger partial charge on any atom is -0.459 e. The molecule has 1 saturated heterocycles. The number of ether oxygens (including phenoxy) is 1. The Bertz CT molecular complexity index is 1500. The lowest BCUT2D eigenvalue weighted by Gasteiger charge is -2.34. The molecule has 4 aromatic rings. The molecule has 0 radical (unpaired) electrons. The van der Waals surface area contributed by atoms with Crippen molar-refractivity contribution in [3.63, 3.8) is 0 Å². The first-order chi connectivity index (χ1) is 17.5. The van der Waals surface area contributed by atoms with Gasteiger partial charge in [0.25, 0.3) is 11.8 Å². The predicted octanol–water partition coefficient (Wildman–Crippen LogP) is 2.17. The van der Waals surface area contributed by atoms with E-state index in [-0.39, 0.29) is 17.5 Å². The fraction of sp³-hybridized carbons (Fsp3) is 0.292. The maximum absolute atomic E-state index is 12.7. The molecule has 12 heteroatoms. The molecular formula is C24H21N5O7. The van der Waals surface area contributed by atoms with Gasteiger partial charge in [0.05, 0.1) is 11.8 Å². The first-order valence-electron chi connectivity index (χ1n) is 11.2. The molecule has 36 heavy (non-hydrogen) atoms. The quantitative estimate of drug-likeness (QED) is 0.367. The number of nitriles is 1. The van der Waals surface area contributed by atoms with Gasteiger partial charge in [-0.15, -0.1) is 0 Å². The van der Waals surface area contributed by atoms with Crippen LogP contribution in [0.1, 0.15) is 18.7 Å². The number of para-hydroxylation sites is 2. The molecule has 1 aliphatic heterocycles. The summed E-state index contributed by atoms with van der Waals surface area (Å²) in [4.78, 5) is 45.0. The number of anilines is 1. The van der Waals surface area contributed by atoms with E-state index in [2.05, 4.69) is 4.98 Å². The zero-order valence-electron chi connectivity index (χ0n) is 19.2. The van der Waals surface area contributed by atoms with Crippen molar-refractivity contribution in [2.75, 3.05) is 37.7 Å². The molecule has 0 N–H and O–H groups in total. The maximum Gasteiger partial charge on any atom is 0.420 e. The molecule has 3 aromatic heterocycles. The van der Waals surface area contributed by atoms with E-state index >= 15 is 0 Å². The van der Waals surface area contributed by atoms with Crippen LogP contribution in [0.2, 0.25) is 0 Å². The Balaban J connectivity index is 1.17. The number of nitrogens with zero attached hydrogens (tertiary/aromatic N) is 5. The summed E-state index contributed by atoms with van der Waals surface area (Å²) in [6.07, 6.45) is 1.48. The monoisotopic (exact) mass is 491 g/mol. The molecule has 1 atom stereocenters. The van der Waals surface area contributed by atoms with Crippen molar-refractivity contribution in [1.29, 1.82) is 5.26 Å². The third-order valence-corrected chi connectivity index (χ3v) is 5.95. The zero-order chi connectivity index (χ0) is 25.2. The highest BCUT2D eigenvalue weighted by Gasteiger charge is 2.28.